The summed E-state index contributed by atoms with van der Waals surface area (Å²) in [6.07, 6.45) is -0.256. The first kappa shape index (κ1) is 27.7. The number of nitrogen functional groups attached to an aromatic ring is 1. The summed E-state index contributed by atoms with van der Waals surface area (Å²) < 4.78 is 0. The lowest BCUT2D eigenvalue weighted by molar-refractivity contribution is -0.155. The van der Waals surface area contributed by atoms with Crippen LogP contribution in [0.5, 0.6) is 0 Å². The highest BCUT2D eigenvalue weighted by atomic mass is 16.4. The predicted octanol–water partition coefficient (Wildman–Crippen LogP) is 1.02. The summed E-state index contributed by atoms with van der Waals surface area (Å²) in [5.41, 5.74) is 4.69. The van der Waals surface area contributed by atoms with E-state index in [-0.39, 0.29) is 44.0 Å². The minimum absolute atomic E-state index is 0.0194. The topological polar surface area (TPSA) is 173 Å². The number of nitrogens with one attached hydrogen (secondary N) is 1. The predicted molar refractivity (Wildman–Crippen MR) is 138 cm³/mol. The first-order chi connectivity index (χ1) is 17.5. The van der Waals surface area contributed by atoms with E-state index < -0.39 is 29.4 Å². The summed E-state index contributed by atoms with van der Waals surface area (Å²) in [5.74, 6) is -2.86. The average Bonchev–Trinajstić information content (AvgIpc) is 2.86. The Hall–Kier alpha value is -3.93. The van der Waals surface area contributed by atoms with Gasteiger partial charge in [0.15, 0.2) is 0 Å². The van der Waals surface area contributed by atoms with Gasteiger partial charge in [-0.1, -0.05) is 25.1 Å². The standard InChI is InChI=1S/C25H34N6O6/c1-4-25(23(36)37,31(5-2)21(33)17-9-7-6-8-10-17)15-18(22(34)35)29-11-13-30(14-12-29)19-16(3)27-24(26)28-20(19)32/h6-10,18H,4-5,11-15H2,1-3H3,(H,34,35)(H,36,37)(H3,26,27,28,32)/t18?,25-/m0/s1. The van der Waals surface area contributed by atoms with E-state index in [0.717, 1.165) is 0 Å². The monoisotopic (exact) mass is 514 g/mol. The molecule has 0 aliphatic carbocycles. The summed E-state index contributed by atoms with van der Waals surface area (Å²) in [6.45, 7) is 6.34. The second-order valence-corrected chi connectivity index (χ2v) is 9.07. The minimum atomic E-state index is -1.73. The molecule has 3 rings (SSSR count). The van der Waals surface area contributed by atoms with Crippen molar-refractivity contribution in [1.29, 1.82) is 0 Å². The van der Waals surface area contributed by atoms with Gasteiger partial charge in [-0.15, -0.1) is 0 Å². The van der Waals surface area contributed by atoms with Crippen molar-refractivity contribution in [3.8, 4) is 0 Å². The summed E-state index contributed by atoms with van der Waals surface area (Å²) in [4.78, 5) is 62.3. The van der Waals surface area contributed by atoms with Crippen molar-refractivity contribution in [2.75, 3.05) is 43.4 Å². The molecule has 2 atom stereocenters. The molecular weight excluding hydrogens is 480 g/mol. The van der Waals surface area contributed by atoms with Crippen molar-refractivity contribution in [1.82, 2.24) is 19.8 Å². The second-order valence-electron chi connectivity index (χ2n) is 9.07. The molecule has 0 radical (unpaired) electrons. The molecule has 0 bridgehead atoms. The number of aryl methyl sites for hydroxylation is 1. The number of carbonyl (C=O) groups is 3. The Balaban J connectivity index is 1.87. The van der Waals surface area contributed by atoms with Crippen molar-refractivity contribution in [2.24, 2.45) is 0 Å². The molecule has 2 heterocycles. The molecule has 1 fully saturated rings. The Morgan fingerprint density at radius 2 is 1.76 bits per heavy atom. The maximum Gasteiger partial charge on any atom is 0.329 e. The average molecular weight is 515 g/mol. The smallest absolute Gasteiger partial charge is 0.329 e. The van der Waals surface area contributed by atoms with Gasteiger partial charge < -0.3 is 25.7 Å². The van der Waals surface area contributed by atoms with Crippen LogP contribution in [0.25, 0.3) is 0 Å². The van der Waals surface area contributed by atoms with Gasteiger partial charge in [-0.2, -0.15) is 0 Å². The first-order valence-electron chi connectivity index (χ1n) is 12.2. The van der Waals surface area contributed by atoms with Crippen LogP contribution in [-0.2, 0) is 9.59 Å². The zero-order valence-electron chi connectivity index (χ0n) is 21.3. The number of nitrogens with zero attached hydrogens (tertiary/aromatic N) is 4. The number of H-pyrrole nitrogens is 1. The summed E-state index contributed by atoms with van der Waals surface area (Å²) in [7, 11) is 0. The number of benzene rings is 1. The van der Waals surface area contributed by atoms with Crippen molar-refractivity contribution >= 4 is 29.5 Å². The number of carboxylic acid groups (broad SMARTS) is 2. The van der Waals surface area contributed by atoms with Crippen LogP contribution in [0.2, 0.25) is 0 Å². The molecule has 1 aromatic heterocycles. The number of carboxylic acids is 2. The SMILES string of the molecule is CCN(C(=O)c1ccccc1)[C@@](CC)(CC(C(=O)O)N1CCN(c2c(C)nc(N)[nH]c2=O)CC1)C(=O)O. The van der Waals surface area contributed by atoms with Crippen LogP contribution in [0.1, 0.15) is 42.7 Å². The van der Waals surface area contributed by atoms with Crippen LogP contribution in [0.4, 0.5) is 11.6 Å². The number of hydrogen-bond acceptors (Lipinski definition) is 8. The van der Waals surface area contributed by atoms with Gasteiger partial charge in [0.1, 0.15) is 17.3 Å². The van der Waals surface area contributed by atoms with Gasteiger partial charge in [0, 0.05) is 44.7 Å². The largest absolute Gasteiger partial charge is 0.480 e. The third-order valence-electron chi connectivity index (χ3n) is 7.06. The lowest BCUT2D eigenvalue weighted by Gasteiger charge is -2.44. The normalized spacial score (nSPS) is 16.6. The van der Waals surface area contributed by atoms with Crippen LogP contribution in [-0.4, -0.2) is 92.1 Å². The number of rotatable bonds is 10. The Kier molecular flexibility index (Phi) is 8.53. The molecule has 5 N–H and O–H groups in total. The number of aliphatic carboxylic acids is 2. The van der Waals surface area contributed by atoms with Gasteiger partial charge in [-0.05, 0) is 32.4 Å². The number of likely N-dealkylation sites (N-methyl/N-ethyl adjacent to an activating group) is 1. The fourth-order valence-corrected chi connectivity index (χ4v) is 5.10. The van der Waals surface area contributed by atoms with E-state index in [1.165, 1.54) is 4.90 Å². The molecule has 1 aliphatic heterocycles. The maximum absolute atomic E-state index is 13.3. The Bertz CT molecular complexity index is 1190. The zero-order valence-corrected chi connectivity index (χ0v) is 21.3. The van der Waals surface area contributed by atoms with Gasteiger partial charge in [0.25, 0.3) is 11.5 Å². The molecule has 1 aliphatic rings. The van der Waals surface area contributed by atoms with Gasteiger partial charge in [-0.3, -0.25) is 24.3 Å². The molecule has 2 aromatic rings. The van der Waals surface area contributed by atoms with Gasteiger partial charge in [0.2, 0.25) is 5.95 Å². The Morgan fingerprint density at radius 3 is 2.24 bits per heavy atom. The van der Waals surface area contributed by atoms with E-state index in [0.29, 0.717) is 30.0 Å². The fourth-order valence-electron chi connectivity index (χ4n) is 5.10. The maximum atomic E-state index is 13.3. The number of aromatic nitrogens is 2. The molecule has 12 heteroatoms. The van der Waals surface area contributed by atoms with E-state index in [1.807, 2.05) is 4.90 Å². The molecule has 37 heavy (non-hydrogen) atoms. The summed E-state index contributed by atoms with van der Waals surface area (Å²) >= 11 is 0. The molecule has 1 saturated heterocycles. The van der Waals surface area contributed by atoms with E-state index >= 15 is 0 Å². The first-order valence-corrected chi connectivity index (χ1v) is 12.2. The highest BCUT2D eigenvalue weighted by Gasteiger charge is 2.49. The van der Waals surface area contributed by atoms with Crippen LogP contribution in [0.15, 0.2) is 35.1 Å². The van der Waals surface area contributed by atoms with Gasteiger partial charge in [-0.25, -0.2) is 9.78 Å². The molecular formula is C25H34N6O6. The number of nitrogens with two attached hydrogens (primary N) is 1. The third-order valence-corrected chi connectivity index (χ3v) is 7.06. The summed E-state index contributed by atoms with van der Waals surface area (Å²) in [6, 6.07) is 7.21. The van der Waals surface area contributed by atoms with Crippen molar-refractivity contribution in [3.05, 3.63) is 51.9 Å². The number of amides is 1. The molecule has 1 aromatic carbocycles. The molecule has 0 spiro atoms. The van der Waals surface area contributed by atoms with Crippen molar-refractivity contribution < 1.29 is 24.6 Å². The number of carbonyl (C=O) groups excluding carboxylic acids is 1. The van der Waals surface area contributed by atoms with E-state index in [9.17, 15) is 29.4 Å². The molecule has 12 nitrogen and oxygen atoms in total. The number of hydrogen-bond donors (Lipinski definition) is 4. The van der Waals surface area contributed by atoms with Crippen LogP contribution in [0.3, 0.4) is 0 Å². The fraction of sp³-hybridized carbons (Fsp3) is 0.480. The van der Waals surface area contributed by atoms with Crippen LogP contribution in [0, 0.1) is 6.92 Å². The van der Waals surface area contributed by atoms with Crippen molar-refractivity contribution in [2.45, 2.75) is 45.2 Å². The zero-order chi connectivity index (χ0) is 27.3. The van der Waals surface area contributed by atoms with Crippen molar-refractivity contribution in [3.63, 3.8) is 0 Å². The Morgan fingerprint density at radius 1 is 1.14 bits per heavy atom. The minimum Gasteiger partial charge on any atom is -0.480 e. The lowest BCUT2D eigenvalue weighted by atomic mass is 9.84. The van der Waals surface area contributed by atoms with Gasteiger partial charge >= 0.3 is 11.9 Å². The number of anilines is 2. The third kappa shape index (κ3) is 5.58. The van der Waals surface area contributed by atoms with E-state index in [2.05, 4.69) is 9.97 Å². The quantitative estimate of drug-likeness (QED) is 0.358. The summed E-state index contributed by atoms with van der Waals surface area (Å²) in [5, 5.41) is 20.5. The number of piperazine rings is 1. The second kappa shape index (κ2) is 11.4. The molecule has 1 amide bonds. The molecule has 0 saturated carbocycles. The van der Waals surface area contributed by atoms with Gasteiger partial charge in [0.05, 0.1) is 5.69 Å². The highest BCUT2D eigenvalue weighted by Crippen LogP contribution is 2.31. The molecule has 1 unspecified atom stereocenters. The number of aromatic amines is 1. The van der Waals surface area contributed by atoms with E-state index in [4.69, 9.17) is 5.73 Å². The van der Waals surface area contributed by atoms with Crippen LogP contribution < -0.4 is 16.2 Å². The lowest BCUT2D eigenvalue weighted by Crippen LogP contribution is -2.62. The Labute approximate surface area is 214 Å². The highest BCUT2D eigenvalue weighted by molar-refractivity contribution is 5.98. The molecule has 200 valence electrons. The van der Waals surface area contributed by atoms with Crippen LogP contribution >= 0.6 is 0 Å². The van der Waals surface area contributed by atoms with E-state index in [1.54, 1.807) is 56.0 Å².